The molecule has 0 radical (unpaired) electrons. The van der Waals surface area contributed by atoms with Gasteiger partial charge in [-0.15, -0.1) is 0 Å². The Labute approximate surface area is 120 Å². The maximum atomic E-state index is 5.77. The molecule has 3 N–H and O–H groups in total. The van der Waals surface area contributed by atoms with Crippen LogP contribution in [0.4, 0.5) is 5.82 Å². The Hall–Kier alpha value is -1.40. The van der Waals surface area contributed by atoms with Crippen LogP contribution in [0.25, 0.3) is 0 Å². The lowest BCUT2D eigenvalue weighted by atomic mass is 10.1. The van der Waals surface area contributed by atoms with Crippen molar-refractivity contribution in [2.75, 3.05) is 25.6 Å². The number of hydrogen-bond donors (Lipinski definition) is 2. The van der Waals surface area contributed by atoms with Crippen molar-refractivity contribution in [3.63, 3.8) is 0 Å². The average Bonchev–Trinajstić information content (AvgIpc) is 2.84. The van der Waals surface area contributed by atoms with Crippen molar-refractivity contribution < 1.29 is 4.74 Å². The van der Waals surface area contributed by atoms with E-state index in [2.05, 4.69) is 34.3 Å². The van der Waals surface area contributed by atoms with Crippen LogP contribution in [0.1, 0.15) is 38.4 Å². The third-order valence-electron chi connectivity index (χ3n) is 3.74. The molecule has 0 amide bonds. The number of rotatable bonds is 7. The van der Waals surface area contributed by atoms with Crippen molar-refractivity contribution in [2.24, 2.45) is 5.84 Å². The van der Waals surface area contributed by atoms with E-state index >= 15 is 0 Å². The molecular weight excluding hydrogens is 254 g/mol. The first-order chi connectivity index (χ1) is 9.72. The Morgan fingerprint density at radius 1 is 1.50 bits per heavy atom. The van der Waals surface area contributed by atoms with E-state index in [1.807, 2.05) is 0 Å². The van der Waals surface area contributed by atoms with E-state index in [-0.39, 0.29) is 0 Å². The SMILES string of the molecule is CCCc1nc(NN)cc(OCCC2CCCN2C)n1. The summed E-state index contributed by atoms with van der Waals surface area (Å²) in [6, 6.07) is 2.39. The second-order valence-corrected chi connectivity index (χ2v) is 5.32. The Morgan fingerprint density at radius 2 is 2.35 bits per heavy atom. The highest BCUT2D eigenvalue weighted by molar-refractivity contribution is 5.36. The van der Waals surface area contributed by atoms with Crippen molar-refractivity contribution in [1.29, 1.82) is 0 Å². The minimum absolute atomic E-state index is 0.608. The summed E-state index contributed by atoms with van der Waals surface area (Å²) < 4.78 is 5.77. The molecule has 1 fully saturated rings. The number of hydrogen-bond acceptors (Lipinski definition) is 6. The molecule has 0 aromatic carbocycles. The molecule has 20 heavy (non-hydrogen) atoms. The fourth-order valence-corrected chi connectivity index (χ4v) is 2.60. The monoisotopic (exact) mass is 279 g/mol. The second-order valence-electron chi connectivity index (χ2n) is 5.32. The molecular formula is C14H25N5O. The molecule has 1 unspecified atom stereocenters. The molecule has 0 bridgehead atoms. The van der Waals surface area contributed by atoms with Crippen molar-refractivity contribution >= 4 is 5.82 Å². The summed E-state index contributed by atoms with van der Waals surface area (Å²) in [4.78, 5) is 11.1. The van der Waals surface area contributed by atoms with Gasteiger partial charge in [-0.05, 0) is 39.3 Å². The Balaban J connectivity index is 1.89. The maximum absolute atomic E-state index is 5.77. The standard InChI is InChI=1S/C14H25N5O/c1-3-5-12-16-13(18-15)10-14(17-12)20-9-7-11-6-4-8-19(11)2/h10-11H,3-9,15H2,1-2H3,(H,16,17,18). The normalized spacial score (nSPS) is 19.2. The Kier molecular flexibility index (Phi) is 5.55. The highest BCUT2D eigenvalue weighted by Crippen LogP contribution is 2.19. The van der Waals surface area contributed by atoms with Crippen LogP contribution in [0.15, 0.2) is 6.07 Å². The first-order valence-electron chi connectivity index (χ1n) is 7.40. The predicted molar refractivity (Wildman–Crippen MR) is 79.6 cm³/mol. The van der Waals surface area contributed by atoms with E-state index < -0.39 is 0 Å². The first kappa shape index (κ1) is 15.0. The van der Waals surface area contributed by atoms with Crippen LogP contribution in [0.5, 0.6) is 5.88 Å². The largest absolute Gasteiger partial charge is 0.477 e. The van der Waals surface area contributed by atoms with Gasteiger partial charge in [-0.25, -0.2) is 10.8 Å². The van der Waals surface area contributed by atoms with E-state index in [4.69, 9.17) is 10.6 Å². The van der Waals surface area contributed by atoms with Gasteiger partial charge in [0.2, 0.25) is 5.88 Å². The lowest BCUT2D eigenvalue weighted by molar-refractivity contribution is 0.228. The smallest absolute Gasteiger partial charge is 0.218 e. The van der Waals surface area contributed by atoms with Gasteiger partial charge >= 0.3 is 0 Å². The summed E-state index contributed by atoms with van der Waals surface area (Å²) >= 11 is 0. The zero-order valence-corrected chi connectivity index (χ0v) is 12.4. The molecule has 6 nitrogen and oxygen atoms in total. The summed E-state index contributed by atoms with van der Waals surface area (Å²) in [5.74, 6) is 7.42. The van der Waals surface area contributed by atoms with Gasteiger partial charge in [-0.3, -0.25) is 0 Å². The number of nitrogens with zero attached hydrogens (tertiary/aromatic N) is 3. The molecule has 1 aliphatic heterocycles. The van der Waals surface area contributed by atoms with E-state index in [1.54, 1.807) is 6.07 Å². The fourth-order valence-electron chi connectivity index (χ4n) is 2.60. The lowest BCUT2D eigenvalue weighted by Crippen LogP contribution is -2.26. The third kappa shape index (κ3) is 4.05. The molecule has 112 valence electrons. The molecule has 1 saturated heterocycles. The van der Waals surface area contributed by atoms with Gasteiger partial charge in [0.05, 0.1) is 6.61 Å². The van der Waals surface area contributed by atoms with Crippen molar-refractivity contribution in [3.8, 4) is 5.88 Å². The summed E-state index contributed by atoms with van der Waals surface area (Å²) in [7, 11) is 2.18. The third-order valence-corrected chi connectivity index (χ3v) is 3.74. The summed E-state index contributed by atoms with van der Waals surface area (Å²) in [6.07, 6.45) is 5.42. The number of nitrogens with one attached hydrogen (secondary N) is 1. The fraction of sp³-hybridized carbons (Fsp3) is 0.714. The Morgan fingerprint density at radius 3 is 3.00 bits per heavy atom. The summed E-state index contributed by atoms with van der Waals surface area (Å²) in [5.41, 5.74) is 2.57. The minimum Gasteiger partial charge on any atom is -0.477 e. The van der Waals surface area contributed by atoms with Crippen molar-refractivity contribution in [2.45, 2.75) is 45.1 Å². The maximum Gasteiger partial charge on any atom is 0.218 e. The van der Waals surface area contributed by atoms with Crippen LogP contribution in [0, 0.1) is 0 Å². The molecule has 1 aliphatic rings. The number of aromatic nitrogens is 2. The molecule has 1 aromatic rings. The molecule has 1 aromatic heterocycles. The number of anilines is 1. The van der Waals surface area contributed by atoms with Crippen LogP contribution >= 0.6 is 0 Å². The highest BCUT2D eigenvalue weighted by atomic mass is 16.5. The number of hydrazine groups is 1. The van der Waals surface area contributed by atoms with E-state index in [0.29, 0.717) is 24.3 Å². The van der Waals surface area contributed by atoms with Gasteiger partial charge in [-0.1, -0.05) is 6.92 Å². The van der Waals surface area contributed by atoms with Gasteiger partial charge in [0.15, 0.2) is 0 Å². The molecule has 0 saturated carbocycles. The minimum atomic E-state index is 0.608. The van der Waals surface area contributed by atoms with Crippen molar-refractivity contribution in [1.82, 2.24) is 14.9 Å². The topological polar surface area (TPSA) is 76.3 Å². The van der Waals surface area contributed by atoms with Gasteiger partial charge < -0.3 is 15.1 Å². The van der Waals surface area contributed by atoms with Crippen LogP contribution in [0.3, 0.4) is 0 Å². The van der Waals surface area contributed by atoms with E-state index in [9.17, 15) is 0 Å². The summed E-state index contributed by atoms with van der Waals surface area (Å²) in [6.45, 7) is 3.98. The quantitative estimate of drug-likeness (QED) is 0.583. The van der Waals surface area contributed by atoms with Crippen LogP contribution in [-0.4, -0.2) is 41.1 Å². The number of likely N-dealkylation sites (tertiary alicyclic amines) is 1. The van der Waals surface area contributed by atoms with E-state index in [0.717, 1.165) is 25.1 Å². The van der Waals surface area contributed by atoms with Gasteiger partial charge in [0.1, 0.15) is 11.6 Å². The van der Waals surface area contributed by atoms with Crippen LogP contribution < -0.4 is 16.0 Å². The second kappa shape index (κ2) is 7.40. The van der Waals surface area contributed by atoms with Gasteiger partial charge in [-0.2, -0.15) is 4.98 Å². The van der Waals surface area contributed by atoms with Crippen molar-refractivity contribution in [3.05, 3.63) is 11.9 Å². The van der Waals surface area contributed by atoms with Crippen LogP contribution in [0.2, 0.25) is 0 Å². The highest BCUT2D eigenvalue weighted by Gasteiger charge is 2.20. The predicted octanol–water partition coefficient (Wildman–Crippen LogP) is 1.58. The number of nitrogen functional groups attached to an aromatic ring is 1. The Bertz CT molecular complexity index is 426. The summed E-state index contributed by atoms with van der Waals surface area (Å²) in [5, 5.41) is 0. The molecule has 1 atom stereocenters. The zero-order chi connectivity index (χ0) is 14.4. The molecule has 0 spiro atoms. The lowest BCUT2D eigenvalue weighted by Gasteiger charge is -2.19. The molecule has 2 heterocycles. The van der Waals surface area contributed by atoms with E-state index in [1.165, 1.54) is 19.4 Å². The van der Waals surface area contributed by atoms with Crippen LogP contribution in [-0.2, 0) is 6.42 Å². The van der Waals surface area contributed by atoms with Gasteiger partial charge in [0, 0.05) is 18.5 Å². The molecule has 2 rings (SSSR count). The molecule has 6 heteroatoms. The number of ether oxygens (including phenoxy) is 1. The first-order valence-corrected chi connectivity index (χ1v) is 7.40. The number of nitrogens with two attached hydrogens (primary N) is 1. The zero-order valence-electron chi connectivity index (χ0n) is 12.4. The molecule has 0 aliphatic carbocycles. The van der Waals surface area contributed by atoms with Gasteiger partial charge in [0.25, 0.3) is 0 Å². The average molecular weight is 279 g/mol. The number of aryl methyl sites for hydroxylation is 1.